The largest absolute Gasteiger partial charge is 0.493 e. The minimum absolute atomic E-state index is 0.129. The summed E-state index contributed by atoms with van der Waals surface area (Å²) >= 11 is 1.21. The molecule has 4 rings (SSSR count). The average Bonchev–Trinajstić information content (AvgIpc) is 3.09. The minimum atomic E-state index is -1.13. The van der Waals surface area contributed by atoms with Gasteiger partial charge in [-0.25, -0.2) is 4.79 Å². The highest BCUT2D eigenvalue weighted by Crippen LogP contribution is 2.45. The summed E-state index contributed by atoms with van der Waals surface area (Å²) in [5.41, 5.74) is 0.469. The third kappa shape index (κ3) is 2.98. The summed E-state index contributed by atoms with van der Waals surface area (Å²) < 4.78 is 17.4. The first-order valence-corrected chi connectivity index (χ1v) is 10.2. The fraction of sp³-hybridized carbons (Fsp3) is 0.190. The van der Waals surface area contributed by atoms with E-state index in [1.807, 2.05) is 6.07 Å². The molecule has 1 atom stereocenters. The lowest BCUT2D eigenvalue weighted by atomic mass is 9.99. The van der Waals surface area contributed by atoms with E-state index in [9.17, 15) is 14.7 Å². The van der Waals surface area contributed by atoms with Gasteiger partial charge in [0.25, 0.3) is 5.56 Å². The van der Waals surface area contributed by atoms with E-state index >= 15 is 0 Å². The van der Waals surface area contributed by atoms with Crippen molar-refractivity contribution < 1.29 is 24.1 Å². The van der Waals surface area contributed by atoms with Crippen LogP contribution in [0.25, 0.3) is 5.69 Å². The molecular weight excluding hydrogens is 408 g/mol. The van der Waals surface area contributed by atoms with Crippen LogP contribution in [0.3, 0.4) is 0 Å². The number of ether oxygens (including phenoxy) is 3. The van der Waals surface area contributed by atoms with Crippen molar-refractivity contribution in [2.24, 2.45) is 0 Å². The van der Waals surface area contributed by atoms with Crippen LogP contribution in [-0.4, -0.2) is 41.1 Å². The quantitative estimate of drug-likeness (QED) is 0.378. The lowest BCUT2D eigenvalue weighted by Crippen LogP contribution is -2.27. The van der Waals surface area contributed by atoms with Crippen molar-refractivity contribution >= 4 is 17.7 Å². The summed E-state index contributed by atoms with van der Waals surface area (Å²) in [5, 5.41) is 10.9. The van der Waals surface area contributed by atoms with E-state index in [0.717, 1.165) is 0 Å². The monoisotopic (exact) mass is 426 g/mol. The van der Waals surface area contributed by atoms with E-state index in [4.69, 9.17) is 14.2 Å². The van der Waals surface area contributed by atoms with Crippen LogP contribution in [0.5, 0.6) is 17.4 Å². The number of benzene rings is 2. The Kier molecular flexibility index (Phi) is 5.13. The van der Waals surface area contributed by atoms with E-state index in [1.54, 1.807) is 42.7 Å². The molecule has 0 unspecified atom stereocenters. The smallest absolute Gasteiger partial charge is 0.343 e. The highest BCUT2D eigenvalue weighted by atomic mass is 32.2. The molecule has 0 radical (unpaired) electrons. The molecule has 154 valence electrons. The second kappa shape index (κ2) is 7.75. The molecule has 0 amide bonds. The Hall–Kier alpha value is -3.46. The number of fused-ring (bicyclic) bond motifs is 1. The molecule has 8 nitrogen and oxygen atoms in total. The molecule has 1 aliphatic heterocycles. The Labute approximate surface area is 176 Å². The molecule has 2 heterocycles. The number of nitrogens with zero attached hydrogens (tertiary/aromatic N) is 2. The summed E-state index contributed by atoms with van der Waals surface area (Å²) in [5.74, 6) is -0.601. The molecular formula is C21H18N2O6S. The minimum Gasteiger partial charge on any atom is -0.493 e. The molecule has 2 aromatic carbocycles. The van der Waals surface area contributed by atoms with Gasteiger partial charge in [0, 0.05) is 5.56 Å². The number of aromatic nitrogens is 2. The van der Waals surface area contributed by atoms with E-state index in [2.05, 4.69) is 4.98 Å². The van der Waals surface area contributed by atoms with Gasteiger partial charge in [-0.3, -0.25) is 9.36 Å². The maximum absolute atomic E-state index is 13.5. The van der Waals surface area contributed by atoms with Crippen LogP contribution in [-0.2, 0) is 4.74 Å². The molecule has 1 aliphatic rings. The maximum Gasteiger partial charge on any atom is 0.343 e. The zero-order chi connectivity index (χ0) is 21.4. The van der Waals surface area contributed by atoms with Gasteiger partial charge in [-0.2, -0.15) is 4.98 Å². The van der Waals surface area contributed by atoms with Gasteiger partial charge in [0.15, 0.2) is 22.8 Å². The molecule has 30 heavy (non-hydrogen) atoms. The molecule has 1 aromatic heterocycles. The first-order chi connectivity index (χ1) is 14.5. The second-order valence-corrected chi connectivity index (χ2v) is 7.14. The number of esters is 1. The lowest BCUT2D eigenvalue weighted by Gasteiger charge is -2.17. The molecule has 1 N–H and O–H groups in total. The summed E-state index contributed by atoms with van der Waals surface area (Å²) in [7, 11) is 2.87. The van der Waals surface area contributed by atoms with Crippen LogP contribution in [0.1, 0.15) is 27.6 Å². The SMILES string of the molecule is COc1ccc2c(c1OC)C(=O)O[C@H]2c1c(O)nc(SC)n(-c2ccccc2)c1=O. The molecule has 0 fully saturated rings. The standard InChI is InChI=1S/C21H18N2O6S/c1-27-13-10-9-12-14(17(13)28-2)20(26)29-16(12)15-18(24)22-21(30-3)23(19(15)25)11-7-5-4-6-8-11/h4-10,16,24H,1-3H3/t16-/m1/s1. The van der Waals surface area contributed by atoms with Gasteiger partial charge in [0.05, 0.1) is 19.9 Å². The Morgan fingerprint density at radius 3 is 2.47 bits per heavy atom. The van der Waals surface area contributed by atoms with Gasteiger partial charge in [-0.1, -0.05) is 36.0 Å². The van der Waals surface area contributed by atoms with Crippen molar-refractivity contribution in [1.82, 2.24) is 9.55 Å². The number of thioether (sulfide) groups is 1. The molecule has 0 saturated heterocycles. The first kappa shape index (κ1) is 19.8. The van der Waals surface area contributed by atoms with E-state index in [1.165, 1.54) is 30.5 Å². The number of hydrogen-bond acceptors (Lipinski definition) is 8. The van der Waals surface area contributed by atoms with Gasteiger partial charge in [-0.05, 0) is 24.5 Å². The molecule has 3 aromatic rings. The van der Waals surface area contributed by atoms with Crippen LogP contribution in [0.4, 0.5) is 0 Å². The number of carbonyl (C=O) groups excluding carboxylic acids is 1. The lowest BCUT2D eigenvalue weighted by molar-refractivity contribution is 0.0447. The van der Waals surface area contributed by atoms with Crippen molar-refractivity contribution in [2.45, 2.75) is 11.3 Å². The van der Waals surface area contributed by atoms with Crippen LogP contribution in [0.2, 0.25) is 0 Å². The van der Waals surface area contributed by atoms with Gasteiger partial charge in [0.2, 0.25) is 5.88 Å². The molecule has 0 aliphatic carbocycles. The van der Waals surface area contributed by atoms with Crippen molar-refractivity contribution in [1.29, 1.82) is 0 Å². The predicted octanol–water partition coefficient (Wildman–Crippen LogP) is 2.94. The third-order valence-electron chi connectivity index (χ3n) is 4.82. The number of hydrogen-bond donors (Lipinski definition) is 1. The second-order valence-electron chi connectivity index (χ2n) is 6.36. The fourth-order valence-electron chi connectivity index (χ4n) is 3.49. The van der Waals surface area contributed by atoms with Crippen molar-refractivity contribution in [3.8, 4) is 23.1 Å². The number of para-hydroxylation sites is 1. The van der Waals surface area contributed by atoms with Crippen molar-refractivity contribution in [3.05, 3.63) is 69.5 Å². The average molecular weight is 426 g/mol. The van der Waals surface area contributed by atoms with E-state index in [0.29, 0.717) is 22.2 Å². The number of cyclic esters (lactones) is 1. The van der Waals surface area contributed by atoms with Crippen molar-refractivity contribution in [3.63, 3.8) is 0 Å². The van der Waals surface area contributed by atoms with Gasteiger partial charge in [-0.15, -0.1) is 0 Å². The fourth-order valence-corrected chi connectivity index (χ4v) is 4.04. The Bertz CT molecular complexity index is 1190. The van der Waals surface area contributed by atoms with E-state index in [-0.39, 0.29) is 16.9 Å². The zero-order valence-electron chi connectivity index (χ0n) is 16.4. The normalized spacial score (nSPS) is 14.9. The number of methoxy groups -OCH3 is 2. The molecule has 9 heteroatoms. The number of aromatic hydroxyl groups is 1. The van der Waals surface area contributed by atoms with E-state index < -0.39 is 23.5 Å². The van der Waals surface area contributed by atoms with Gasteiger partial charge >= 0.3 is 5.97 Å². The maximum atomic E-state index is 13.5. The topological polar surface area (TPSA) is 99.9 Å². The summed E-state index contributed by atoms with van der Waals surface area (Å²) in [6.45, 7) is 0. The number of rotatable bonds is 5. The Balaban J connectivity index is 1.96. The number of carbonyl (C=O) groups is 1. The summed E-state index contributed by atoms with van der Waals surface area (Å²) in [6.07, 6.45) is 0.626. The summed E-state index contributed by atoms with van der Waals surface area (Å²) in [4.78, 5) is 30.3. The van der Waals surface area contributed by atoms with Crippen LogP contribution in [0.15, 0.2) is 52.4 Å². The molecule has 0 spiro atoms. The Morgan fingerprint density at radius 1 is 1.10 bits per heavy atom. The van der Waals surface area contributed by atoms with Crippen LogP contribution >= 0.6 is 11.8 Å². The van der Waals surface area contributed by atoms with Gasteiger partial charge in [0.1, 0.15) is 11.1 Å². The van der Waals surface area contributed by atoms with Crippen molar-refractivity contribution in [2.75, 3.05) is 20.5 Å². The predicted molar refractivity (Wildman–Crippen MR) is 110 cm³/mol. The van der Waals surface area contributed by atoms with Crippen LogP contribution < -0.4 is 15.0 Å². The molecule has 0 bridgehead atoms. The first-order valence-electron chi connectivity index (χ1n) is 8.93. The zero-order valence-corrected chi connectivity index (χ0v) is 17.2. The summed E-state index contributed by atoms with van der Waals surface area (Å²) in [6, 6.07) is 12.2. The Morgan fingerprint density at radius 2 is 1.83 bits per heavy atom. The molecule has 0 saturated carbocycles. The highest BCUT2D eigenvalue weighted by molar-refractivity contribution is 7.98. The highest BCUT2D eigenvalue weighted by Gasteiger charge is 2.40. The third-order valence-corrected chi connectivity index (χ3v) is 5.45. The van der Waals surface area contributed by atoms with Crippen LogP contribution in [0, 0.1) is 0 Å². The van der Waals surface area contributed by atoms with Gasteiger partial charge < -0.3 is 19.3 Å².